The monoisotopic (exact) mass is 365 g/mol. The van der Waals surface area contributed by atoms with E-state index in [2.05, 4.69) is 15.5 Å². The van der Waals surface area contributed by atoms with Crippen molar-refractivity contribution < 1.29 is 18.3 Å². The Kier molecular flexibility index (Phi) is 5.24. The number of nitrogens with two attached hydrogens (primary N) is 1. The molecule has 3 rings (SSSR count). The second-order valence-electron chi connectivity index (χ2n) is 6.49. The molecule has 0 radical (unpaired) electrons. The van der Waals surface area contributed by atoms with Gasteiger partial charge in [-0.05, 0) is 60.1 Å². The third-order valence-corrected chi connectivity index (χ3v) is 5.92. The van der Waals surface area contributed by atoms with Crippen LogP contribution in [-0.2, 0) is 16.8 Å². The number of hydrogen-bond donors (Lipinski definition) is 4. The summed E-state index contributed by atoms with van der Waals surface area (Å²) in [5.74, 6) is -0.652. The minimum Gasteiger partial charge on any atom is -0.392 e. The number of allylic oxidation sites excluding steroid dienone is 2. The maximum atomic E-state index is 11.9. The summed E-state index contributed by atoms with van der Waals surface area (Å²) in [4.78, 5) is 11.9. The van der Waals surface area contributed by atoms with Crippen LogP contribution in [0.1, 0.15) is 58.6 Å². The summed E-state index contributed by atoms with van der Waals surface area (Å²) in [5.41, 5.74) is 9.29. The molecule has 5 N–H and O–H groups in total. The first kappa shape index (κ1) is 18.1. The molecule has 0 atom stereocenters. The summed E-state index contributed by atoms with van der Waals surface area (Å²) < 4.78 is 27.9. The Balaban J connectivity index is 2.05. The third-order valence-electron chi connectivity index (χ3n) is 4.83. The molecule has 0 bridgehead atoms. The predicted molar refractivity (Wildman–Crippen MR) is 95.0 cm³/mol. The summed E-state index contributed by atoms with van der Waals surface area (Å²) in [6.45, 7) is 0.256. The van der Waals surface area contributed by atoms with E-state index in [0.29, 0.717) is 11.1 Å². The van der Waals surface area contributed by atoms with E-state index < -0.39 is 16.1 Å². The maximum Gasteiger partial charge on any atom is 0.276 e. The Bertz CT molecular complexity index is 803. The van der Waals surface area contributed by atoms with Crippen molar-refractivity contribution in [1.82, 2.24) is 9.44 Å². The van der Waals surface area contributed by atoms with Crippen molar-refractivity contribution in [1.29, 1.82) is 0 Å². The van der Waals surface area contributed by atoms with Crippen LogP contribution in [0.4, 0.5) is 0 Å². The summed E-state index contributed by atoms with van der Waals surface area (Å²) >= 11 is 0. The normalized spacial score (nSPS) is 20.9. The minimum absolute atomic E-state index is 0.129. The molecule has 0 unspecified atom stereocenters. The number of aliphatic hydroxyl groups excluding tert-OH is 1. The largest absolute Gasteiger partial charge is 0.392 e. The van der Waals surface area contributed by atoms with Crippen LogP contribution in [0.25, 0.3) is 5.57 Å². The quantitative estimate of drug-likeness (QED) is 0.629. The van der Waals surface area contributed by atoms with E-state index in [1.54, 1.807) is 6.07 Å². The Morgan fingerprint density at radius 3 is 2.52 bits per heavy atom. The van der Waals surface area contributed by atoms with Crippen molar-refractivity contribution in [3.63, 3.8) is 0 Å². The lowest BCUT2D eigenvalue weighted by Gasteiger charge is -2.27. The van der Waals surface area contributed by atoms with Crippen molar-refractivity contribution >= 4 is 21.7 Å². The smallest absolute Gasteiger partial charge is 0.276 e. The Labute approximate surface area is 147 Å². The zero-order valence-corrected chi connectivity index (χ0v) is 14.7. The molecule has 1 fully saturated rings. The molecule has 1 aromatic rings. The molecule has 1 aliphatic heterocycles. The van der Waals surface area contributed by atoms with Crippen LogP contribution in [0.5, 0.6) is 0 Å². The summed E-state index contributed by atoms with van der Waals surface area (Å²) in [6.07, 6.45) is 6.18. The predicted octanol–water partition coefficient (Wildman–Crippen LogP) is 0.756. The van der Waals surface area contributed by atoms with Crippen molar-refractivity contribution in [2.75, 3.05) is 13.1 Å². The number of primary amides is 1. The molecular weight excluding hydrogens is 342 g/mol. The van der Waals surface area contributed by atoms with Crippen LogP contribution in [0.15, 0.2) is 18.2 Å². The van der Waals surface area contributed by atoms with E-state index in [-0.39, 0.29) is 25.6 Å². The number of aliphatic hydroxyl groups is 1. The molecule has 0 saturated carbocycles. The molecule has 1 aromatic carbocycles. The second-order valence-corrected chi connectivity index (χ2v) is 8.08. The van der Waals surface area contributed by atoms with E-state index in [1.165, 1.54) is 0 Å². The van der Waals surface area contributed by atoms with Gasteiger partial charge in [-0.25, -0.2) is 9.44 Å². The second kappa shape index (κ2) is 7.25. The van der Waals surface area contributed by atoms with Gasteiger partial charge in [0.05, 0.1) is 6.61 Å². The van der Waals surface area contributed by atoms with Gasteiger partial charge in [-0.1, -0.05) is 6.08 Å². The van der Waals surface area contributed by atoms with Gasteiger partial charge in [0.1, 0.15) is 0 Å². The van der Waals surface area contributed by atoms with Crippen LogP contribution in [-0.4, -0.2) is 32.5 Å². The topological polar surface area (TPSA) is 122 Å². The molecule has 7 nitrogen and oxygen atoms in total. The molecule has 1 heterocycles. The average Bonchev–Trinajstić information content (AvgIpc) is 2.61. The van der Waals surface area contributed by atoms with Crippen LogP contribution in [0, 0.1) is 0 Å². The van der Waals surface area contributed by atoms with Gasteiger partial charge >= 0.3 is 0 Å². The fourth-order valence-corrected chi connectivity index (χ4v) is 4.44. The lowest BCUT2D eigenvalue weighted by Crippen LogP contribution is -2.47. The summed E-state index contributed by atoms with van der Waals surface area (Å²) in [6, 6.07) is 3.54. The van der Waals surface area contributed by atoms with Crippen molar-refractivity contribution in [2.24, 2.45) is 5.73 Å². The van der Waals surface area contributed by atoms with Crippen LogP contribution < -0.4 is 15.2 Å². The third kappa shape index (κ3) is 3.92. The van der Waals surface area contributed by atoms with Crippen molar-refractivity contribution in [2.45, 2.75) is 38.2 Å². The molecular formula is C17H23N3O4S. The van der Waals surface area contributed by atoms with Gasteiger partial charge in [0, 0.05) is 24.6 Å². The van der Waals surface area contributed by atoms with Crippen molar-refractivity contribution in [3.8, 4) is 0 Å². The van der Waals surface area contributed by atoms with Crippen LogP contribution in [0.2, 0.25) is 0 Å². The fourth-order valence-electron chi connectivity index (χ4n) is 3.49. The molecule has 1 saturated heterocycles. The number of carbonyl (C=O) groups is 1. The lowest BCUT2D eigenvalue weighted by molar-refractivity contribution is 0.1000. The SMILES string of the molecule is NC(=O)c1cc(CO)c(C2CNS(=O)(=O)NC2)cc1C1=CCCCC1. The molecule has 2 aliphatic rings. The highest BCUT2D eigenvalue weighted by Crippen LogP contribution is 2.33. The van der Waals surface area contributed by atoms with Gasteiger partial charge in [-0.3, -0.25) is 4.79 Å². The van der Waals surface area contributed by atoms with Crippen molar-refractivity contribution in [3.05, 3.63) is 40.5 Å². The van der Waals surface area contributed by atoms with Crippen LogP contribution in [0.3, 0.4) is 0 Å². The lowest BCUT2D eigenvalue weighted by atomic mass is 9.84. The Morgan fingerprint density at radius 2 is 1.96 bits per heavy atom. The molecule has 25 heavy (non-hydrogen) atoms. The average molecular weight is 365 g/mol. The number of benzene rings is 1. The Morgan fingerprint density at radius 1 is 1.24 bits per heavy atom. The highest BCUT2D eigenvalue weighted by Gasteiger charge is 2.27. The van der Waals surface area contributed by atoms with E-state index in [1.807, 2.05) is 6.07 Å². The van der Waals surface area contributed by atoms with E-state index in [4.69, 9.17) is 5.73 Å². The summed E-state index contributed by atoms with van der Waals surface area (Å²) in [7, 11) is -3.44. The molecule has 0 aromatic heterocycles. The van der Waals surface area contributed by atoms with Gasteiger partial charge in [0.25, 0.3) is 10.2 Å². The molecule has 1 aliphatic carbocycles. The summed E-state index contributed by atoms with van der Waals surface area (Å²) in [5, 5.41) is 9.73. The molecule has 136 valence electrons. The van der Waals surface area contributed by atoms with E-state index >= 15 is 0 Å². The van der Waals surface area contributed by atoms with E-state index in [9.17, 15) is 18.3 Å². The standard InChI is InChI=1S/C17H23N3O4S/c18-17(22)16-6-12(10-21)14(13-8-19-25(23,24)20-9-13)7-15(16)11-4-2-1-3-5-11/h4,6-7,13,19-21H,1-3,5,8-10H2,(H2,18,22). The number of nitrogens with one attached hydrogen (secondary N) is 2. The number of hydrogen-bond acceptors (Lipinski definition) is 4. The highest BCUT2D eigenvalue weighted by molar-refractivity contribution is 7.87. The van der Waals surface area contributed by atoms with E-state index in [0.717, 1.165) is 42.4 Å². The minimum atomic E-state index is -3.44. The van der Waals surface area contributed by atoms with Crippen LogP contribution >= 0.6 is 0 Å². The fraction of sp³-hybridized carbons (Fsp3) is 0.471. The zero-order chi connectivity index (χ0) is 18.0. The first-order chi connectivity index (χ1) is 11.9. The number of amides is 1. The first-order valence-corrected chi connectivity index (χ1v) is 9.90. The maximum absolute atomic E-state index is 11.9. The van der Waals surface area contributed by atoms with Gasteiger partial charge in [0.15, 0.2) is 0 Å². The zero-order valence-electron chi connectivity index (χ0n) is 13.9. The van der Waals surface area contributed by atoms with Gasteiger partial charge < -0.3 is 10.8 Å². The number of carbonyl (C=O) groups excluding carboxylic acids is 1. The van der Waals surface area contributed by atoms with Gasteiger partial charge in [-0.2, -0.15) is 8.42 Å². The molecule has 0 spiro atoms. The molecule has 1 amide bonds. The molecule has 8 heteroatoms. The van der Waals surface area contributed by atoms with Gasteiger partial charge in [-0.15, -0.1) is 0 Å². The van der Waals surface area contributed by atoms with Gasteiger partial charge in [0.2, 0.25) is 5.91 Å². The number of rotatable bonds is 4. The highest BCUT2D eigenvalue weighted by atomic mass is 32.2. The Hall–Kier alpha value is -1.74. The first-order valence-electron chi connectivity index (χ1n) is 8.42.